The molecule has 6 nitrogen and oxygen atoms in total. The maximum Gasteiger partial charge on any atom is 0.258 e. The average Bonchev–Trinajstić information content (AvgIpc) is 3.09. The molecule has 3 aromatic rings. The first-order valence-electron chi connectivity index (χ1n) is 9.03. The number of aromatic nitrogens is 3. The number of hydrogen-bond donors (Lipinski definition) is 1. The zero-order valence-corrected chi connectivity index (χ0v) is 14.9. The zero-order chi connectivity index (χ0) is 17.9. The van der Waals surface area contributed by atoms with E-state index in [0.717, 1.165) is 49.7 Å². The molecule has 4 rings (SSSR count). The Balaban J connectivity index is 1.38. The summed E-state index contributed by atoms with van der Waals surface area (Å²) in [5, 5.41) is 3.40. The molecule has 1 aliphatic rings. The van der Waals surface area contributed by atoms with Crippen LogP contribution in [0.4, 0.5) is 5.82 Å². The summed E-state index contributed by atoms with van der Waals surface area (Å²) in [6, 6.07) is 11.4. The highest BCUT2D eigenvalue weighted by molar-refractivity contribution is 5.40. The van der Waals surface area contributed by atoms with E-state index in [4.69, 9.17) is 0 Å². The molecule has 0 radical (unpaired) electrons. The third-order valence-corrected chi connectivity index (χ3v) is 4.85. The van der Waals surface area contributed by atoms with E-state index in [-0.39, 0.29) is 5.56 Å². The van der Waals surface area contributed by atoms with E-state index >= 15 is 0 Å². The number of fused-ring (bicyclic) bond motifs is 1. The SMILES string of the molecule is Cc1ccc2nc(CN3CCC(CNc4ccccn4)C3)cc(=O)n2c1. The fourth-order valence-electron chi connectivity index (χ4n) is 3.51. The van der Waals surface area contributed by atoms with E-state index in [2.05, 4.69) is 20.2 Å². The summed E-state index contributed by atoms with van der Waals surface area (Å²) in [4.78, 5) is 23.7. The molecule has 1 N–H and O–H groups in total. The summed E-state index contributed by atoms with van der Waals surface area (Å²) >= 11 is 0. The number of rotatable bonds is 5. The molecule has 26 heavy (non-hydrogen) atoms. The summed E-state index contributed by atoms with van der Waals surface area (Å²) in [6.45, 7) is 5.65. The molecule has 0 aromatic carbocycles. The monoisotopic (exact) mass is 349 g/mol. The van der Waals surface area contributed by atoms with Crippen LogP contribution < -0.4 is 10.9 Å². The van der Waals surface area contributed by atoms with Crippen molar-refractivity contribution in [1.82, 2.24) is 19.3 Å². The first-order chi connectivity index (χ1) is 12.7. The number of nitrogens with one attached hydrogen (secondary N) is 1. The topological polar surface area (TPSA) is 62.5 Å². The molecule has 1 saturated heterocycles. The van der Waals surface area contributed by atoms with Crippen LogP contribution >= 0.6 is 0 Å². The second-order valence-corrected chi connectivity index (χ2v) is 7.01. The number of anilines is 1. The standard InChI is InChI=1S/C20H23N5O/c1-15-5-6-19-23-17(10-20(26)25(19)12-15)14-24-9-7-16(13-24)11-22-18-4-2-3-8-21-18/h2-6,8,10,12,16H,7,9,11,13-14H2,1H3,(H,21,22). The van der Waals surface area contributed by atoms with Crippen LogP contribution in [0, 0.1) is 12.8 Å². The Morgan fingerprint density at radius 3 is 3.04 bits per heavy atom. The fraction of sp³-hybridized carbons (Fsp3) is 0.350. The normalized spacial score (nSPS) is 17.7. The van der Waals surface area contributed by atoms with Gasteiger partial charge in [-0.1, -0.05) is 12.1 Å². The first-order valence-corrected chi connectivity index (χ1v) is 9.03. The summed E-state index contributed by atoms with van der Waals surface area (Å²) in [7, 11) is 0. The van der Waals surface area contributed by atoms with Gasteiger partial charge in [-0.3, -0.25) is 14.1 Å². The summed E-state index contributed by atoms with van der Waals surface area (Å²) in [6.07, 6.45) is 4.78. The van der Waals surface area contributed by atoms with E-state index in [1.54, 1.807) is 16.7 Å². The minimum atomic E-state index is -0.0127. The molecule has 1 aliphatic heterocycles. The van der Waals surface area contributed by atoms with Crippen molar-refractivity contribution in [3.63, 3.8) is 0 Å². The highest BCUT2D eigenvalue weighted by Crippen LogP contribution is 2.18. The Bertz CT molecular complexity index is 953. The summed E-state index contributed by atoms with van der Waals surface area (Å²) in [5.41, 5.74) is 2.60. The molecule has 4 heterocycles. The number of pyridine rings is 2. The van der Waals surface area contributed by atoms with Crippen molar-refractivity contribution < 1.29 is 0 Å². The molecule has 3 aromatic heterocycles. The second-order valence-electron chi connectivity index (χ2n) is 7.01. The largest absolute Gasteiger partial charge is 0.370 e. The number of likely N-dealkylation sites (tertiary alicyclic amines) is 1. The van der Waals surface area contributed by atoms with E-state index < -0.39 is 0 Å². The second kappa shape index (κ2) is 7.25. The van der Waals surface area contributed by atoms with Crippen LogP contribution in [0.25, 0.3) is 5.65 Å². The molecular weight excluding hydrogens is 326 g/mol. The summed E-state index contributed by atoms with van der Waals surface area (Å²) in [5.74, 6) is 1.51. The fourth-order valence-corrected chi connectivity index (χ4v) is 3.51. The van der Waals surface area contributed by atoms with Gasteiger partial charge in [0.05, 0.1) is 5.69 Å². The van der Waals surface area contributed by atoms with Crippen molar-refractivity contribution in [2.24, 2.45) is 5.92 Å². The van der Waals surface area contributed by atoms with Gasteiger partial charge in [0.15, 0.2) is 0 Å². The predicted molar refractivity (Wildman–Crippen MR) is 102 cm³/mol. The maximum absolute atomic E-state index is 12.3. The smallest absolute Gasteiger partial charge is 0.258 e. The lowest BCUT2D eigenvalue weighted by molar-refractivity contribution is 0.315. The van der Waals surface area contributed by atoms with Crippen LogP contribution in [0.5, 0.6) is 0 Å². The van der Waals surface area contributed by atoms with E-state index in [0.29, 0.717) is 11.6 Å². The van der Waals surface area contributed by atoms with Gasteiger partial charge in [-0.05, 0) is 49.6 Å². The van der Waals surface area contributed by atoms with Crippen molar-refractivity contribution in [2.75, 3.05) is 25.0 Å². The predicted octanol–water partition coefficient (Wildman–Crippen LogP) is 2.33. The lowest BCUT2D eigenvalue weighted by atomic mass is 10.1. The van der Waals surface area contributed by atoms with Crippen LogP contribution in [0.1, 0.15) is 17.7 Å². The molecule has 1 unspecified atom stereocenters. The Morgan fingerprint density at radius 2 is 2.19 bits per heavy atom. The molecule has 134 valence electrons. The van der Waals surface area contributed by atoms with Gasteiger partial charge in [0, 0.05) is 38.1 Å². The Labute approximate surface area is 152 Å². The van der Waals surface area contributed by atoms with E-state index in [9.17, 15) is 4.79 Å². The molecule has 6 heteroatoms. The third-order valence-electron chi connectivity index (χ3n) is 4.85. The van der Waals surface area contributed by atoms with Gasteiger partial charge >= 0.3 is 0 Å². The zero-order valence-electron chi connectivity index (χ0n) is 14.9. The molecule has 0 spiro atoms. The van der Waals surface area contributed by atoms with Crippen LogP contribution in [0.3, 0.4) is 0 Å². The van der Waals surface area contributed by atoms with Gasteiger partial charge in [0.25, 0.3) is 5.56 Å². The van der Waals surface area contributed by atoms with E-state index in [1.807, 2.05) is 43.5 Å². The highest BCUT2D eigenvalue weighted by Gasteiger charge is 2.23. The molecule has 0 aliphatic carbocycles. The van der Waals surface area contributed by atoms with Crippen molar-refractivity contribution in [2.45, 2.75) is 19.9 Å². The maximum atomic E-state index is 12.3. The van der Waals surface area contributed by atoms with Gasteiger partial charge < -0.3 is 5.32 Å². The Hall–Kier alpha value is -2.73. The lowest BCUT2D eigenvalue weighted by Crippen LogP contribution is -2.25. The molecular formula is C20H23N5O. The van der Waals surface area contributed by atoms with Gasteiger partial charge in [-0.15, -0.1) is 0 Å². The van der Waals surface area contributed by atoms with Crippen molar-refractivity contribution >= 4 is 11.5 Å². The molecule has 0 saturated carbocycles. The molecule has 1 atom stereocenters. The average molecular weight is 349 g/mol. The van der Waals surface area contributed by atoms with Gasteiger partial charge in [0.1, 0.15) is 11.5 Å². The quantitative estimate of drug-likeness (QED) is 0.766. The Kier molecular flexibility index (Phi) is 4.67. The van der Waals surface area contributed by atoms with E-state index in [1.165, 1.54) is 0 Å². The van der Waals surface area contributed by atoms with Crippen LogP contribution in [0.15, 0.2) is 53.6 Å². The van der Waals surface area contributed by atoms with Gasteiger partial charge in [0.2, 0.25) is 0 Å². The number of aryl methyl sites for hydroxylation is 1. The number of hydrogen-bond acceptors (Lipinski definition) is 5. The molecule has 1 fully saturated rings. The summed E-state index contributed by atoms with van der Waals surface area (Å²) < 4.78 is 1.61. The van der Waals surface area contributed by atoms with Crippen molar-refractivity contribution in [1.29, 1.82) is 0 Å². The van der Waals surface area contributed by atoms with Crippen LogP contribution in [-0.2, 0) is 6.54 Å². The van der Waals surface area contributed by atoms with Gasteiger partial charge in [-0.25, -0.2) is 9.97 Å². The molecule has 0 bridgehead atoms. The molecule has 0 amide bonds. The minimum absolute atomic E-state index is 0.0127. The van der Waals surface area contributed by atoms with Crippen LogP contribution in [-0.4, -0.2) is 38.9 Å². The minimum Gasteiger partial charge on any atom is -0.370 e. The third kappa shape index (κ3) is 3.75. The van der Waals surface area contributed by atoms with Crippen LogP contribution in [0.2, 0.25) is 0 Å². The highest BCUT2D eigenvalue weighted by atomic mass is 16.1. The number of nitrogens with zero attached hydrogens (tertiary/aromatic N) is 4. The van der Waals surface area contributed by atoms with Gasteiger partial charge in [-0.2, -0.15) is 0 Å². The van der Waals surface area contributed by atoms with Crippen molar-refractivity contribution in [3.05, 3.63) is 70.4 Å². The first kappa shape index (κ1) is 16.7. The lowest BCUT2D eigenvalue weighted by Gasteiger charge is -2.16. The Morgan fingerprint density at radius 1 is 1.27 bits per heavy atom. The van der Waals surface area contributed by atoms with Crippen molar-refractivity contribution in [3.8, 4) is 0 Å².